The van der Waals surface area contributed by atoms with Gasteiger partial charge in [0.05, 0.1) is 13.2 Å². The molecule has 0 bridgehead atoms. The maximum Gasteiger partial charge on any atom is 0.152 e. The first-order valence-corrected chi connectivity index (χ1v) is 7.82. The van der Waals surface area contributed by atoms with Crippen LogP contribution in [0.3, 0.4) is 0 Å². The molecule has 3 aliphatic heterocycles. The normalized spacial score (nSPS) is 37.2. The fraction of sp³-hybridized carbons (Fsp3) is 0.933. The van der Waals surface area contributed by atoms with Gasteiger partial charge in [-0.15, -0.1) is 0 Å². The molecule has 0 aromatic rings. The second kappa shape index (κ2) is 5.90. The van der Waals surface area contributed by atoms with Crippen molar-refractivity contribution in [2.45, 2.75) is 44.7 Å². The molecule has 0 spiro atoms. The number of piperazine rings is 1. The summed E-state index contributed by atoms with van der Waals surface area (Å²) < 4.78 is 5.33. The van der Waals surface area contributed by atoms with Crippen LogP contribution in [0.2, 0.25) is 0 Å². The van der Waals surface area contributed by atoms with Gasteiger partial charge in [-0.2, -0.15) is 0 Å². The Bertz CT molecular complexity index is 328. The Hall–Kier alpha value is -0.450. The Balaban J connectivity index is 1.56. The highest BCUT2D eigenvalue weighted by atomic mass is 16.5. The Morgan fingerprint density at radius 2 is 2.16 bits per heavy atom. The van der Waals surface area contributed by atoms with Crippen LogP contribution in [0.4, 0.5) is 0 Å². The molecule has 3 aliphatic rings. The minimum atomic E-state index is 0.164. The van der Waals surface area contributed by atoms with Gasteiger partial charge in [0, 0.05) is 37.7 Å². The molecule has 3 saturated heterocycles. The maximum absolute atomic E-state index is 12.3. The van der Waals surface area contributed by atoms with Gasteiger partial charge in [-0.25, -0.2) is 0 Å². The molecule has 4 nitrogen and oxygen atoms in total. The van der Waals surface area contributed by atoms with E-state index in [2.05, 4.69) is 16.7 Å². The standard InChI is InChI=1S/C15H26N2O2/c1-12-8-16-6-3-2-4-14(16)9-17(12)10-15(18)13-5-7-19-11-13/h12-14H,2-11H2,1H3. The number of piperidine rings is 1. The Morgan fingerprint density at radius 3 is 2.95 bits per heavy atom. The summed E-state index contributed by atoms with van der Waals surface area (Å²) in [6.45, 7) is 7.80. The van der Waals surface area contributed by atoms with Crippen LogP contribution in [0, 0.1) is 5.92 Å². The molecule has 0 aliphatic carbocycles. The summed E-state index contributed by atoms with van der Waals surface area (Å²) in [5, 5.41) is 0. The van der Waals surface area contributed by atoms with Crippen LogP contribution < -0.4 is 0 Å². The van der Waals surface area contributed by atoms with E-state index in [1.54, 1.807) is 0 Å². The second-order valence-electron chi connectivity index (χ2n) is 6.45. The molecule has 0 N–H and O–H groups in total. The molecule has 3 heterocycles. The summed E-state index contributed by atoms with van der Waals surface area (Å²) in [6.07, 6.45) is 4.94. The van der Waals surface area contributed by atoms with Gasteiger partial charge in [0.15, 0.2) is 5.78 Å². The van der Waals surface area contributed by atoms with E-state index in [4.69, 9.17) is 4.74 Å². The lowest BCUT2D eigenvalue weighted by molar-refractivity contribution is -0.125. The topological polar surface area (TPSA) is 32.8 Å². The first-order chi connectivity index (χ1) is 9.24. The highest BCUT2D eigenvalue weighted by Crippen LogP contribution is 2.24. The number of ether oxygens (including phenoxy) is 1. The van der Waals surface area contributed by atoms with Gasteiger partial charge in [0.2, 0.25) is 0 Å². The van der Waals surface area contributed by atoms with Crippen molar-refractivity contribution in [2.24, 2.45) is 5.92 Å². The zero-order valence-electron chi connectivity index (χ0n) is 12.0. The van der Waals surface area contributed by atoms with Gasteiger partial charge >= 0.3 is 0 Å². The monoisotopic (exact) mass is 266 g/mol. The molecule has 3 rings (SSSR count). The van der Waals surface area contributed by atoms with E-state index in [-0.39, 0.29) is 5.92 Å². The largest absolute Gasteiger partial charge is 0.381 e. The number of carbonyl (C=O) groups is 1. The average molecular weight is 266 g/mol. The summed E-state index contributed by atoms with van der Waals surface area (Å²) in [6, 6.07) is 1.21. The Kier molecular flexibility index (Phi) is 4.20. The Morgan fingerprint density at radius 1 is 1.26 bits per heavy atom. The van der Waals surface area contributed by atoms with Crippen molar-refractivity contribution in [3.8, 4) is 0 Å². The molecule has 0 aromatic heterocycles. The van der Waals surface area contributed by atoms with Crippen molar-refractivity contribution in [1.82, 2.24) is 9.80 Å². The lowest BCUT2D eigenvalue weighted by Crippen LogP contribution is -2.59. The van der Waals surface area contributed by atoms with Crippen molar-refractivity contribution in [3.05, 3.63) is 0 Å². The summed E-state index contributed by atoms with van der Waals surface area (Å²) in [5.74, 6) is 0.560. The van der Waals surface area contributed by atoms with Crippen LogP contribution in [-0.2, 0) is 9.53 Å². The lowest BCUT2D eigenvalue weighted by Gasteiger charge is -2.47. The van der Waals surface area contributed by atoms with E-state index >= 15 is 0 Å². The molecule has 3 unspecified atom stereocenters. The van der Waals surface area contributed by atoms with E-state index in [0.717, 1.165) is 26.1 Å². The molecule has 0 saturated carbocycles. The quantitative estimate of drug-likeness (QED) is 0.767. The first kappa shape index (κ1) is 13.5. The third-order valence-electron chi connectivity index (χ3n) is 5.06. The van der Waals surface area contributed by atoms with Gasteiger partial charge in [0.25, 0.3) is 0 Å². The molecule has 0 radical (unpaired) electrons. The molecule has 3 atom stereocenters. The zero-order chi connectivity index (χ0) is 13.2. The average Bonchev–Trinajstić information content (AvgIpc) is 2.93. The highest BCUT2D eigenvalue weighted by Gasteiger charge is 2.35. The highest BCUT2D eigenvalue weighted by molar-refractivity contribution is 5.83. The molecular formula is C15H26N2O2. The van der Waals surface area contributed by atoms with Crippen molar-refractivity contribution >= 4 is 5.78 Å². The molecular weight excluding hydrogens is 240 g/mol. The van der Waals surface area contributed by atoms with E-state index < -0.39 is 0 Å². The maximum atomic E-state index is 12.3. The number of hydrogen-bond donors (Lipinski definition) is 0. The fourth-order valence-corrected chi connectivity index (χ4v) is 3.75. The van der Waals surface area contributed by atoms with E-state index in [1.807, 2.05) is 0 Å². The molecule has 3 fully saturated rings. The predicted octanol–water partition coefficient (Wildman–Crippen LogP) is 1.15. The smallest absolute Gasteiger partial charge is 0.152 e. The number of fused-ring (bicyclic) bond motifs is 1. The number of carbonyl (C=O) groups excluding carboxylic acids is 1. The van der Waals surface area contributed by atoms with Gasteiger partial charge in [-0.3, -0.25) is 14.6 Å². The lowest BCUT2D eigenvalue weighted by atomic mass is 9.96. The second-order valence-corrected chi connectivity index (χ2v) is 6.45. The van der Waals surface area contributed by atoms with E-state index in [1.165, 1.54) is 25.8 Å². The SMILES string of the molecule is CC1CN2CCCCC2CN1CC(=O)C1CCOC1. The number of rotatable bonds is 3. The number of ketones is 1. The third-order valence-corrected chi connectivity index (χ3v) is 5.06. The van der Waals surface area contributed by atoms with Gasteiger partial charge in [0.1, 0.15) is 0 Å². The van der Waals surface area contributed by atoms with Gasteiger partial charge < -0.3 is 4.74 Å². The minimum absolute atomic E-state index is 0.164. The van der Waals surface area contributed by atoms with Crippen LogP contribution in [0.5, 0.6) is 0 Å². The summed E-state index contributed by atoms with van der Waals surface area (Å²) in [5.41, 5.74) is 0. The van der Waals surface area contributed by atoms with Crippen molar-refractivity contribution in [3.63, 3.8) is 0 Å². The number of Topliss-reactive ketones (excluding diaryl/α,β-unsaturated/α-hetero) is 1. The van der Waals surface area contributed by atoms with Crippen LogP contribution in [0.15, 0.2) is 0 Å². The molecule has 19 heavy (non-hydrogen) atoms. The fourth-order valence-electron chi connectivity index (χ4n) is 3.75. The molecule has 4 heteroatoms. The molecule has 0 aromatic carbocycles. The van der Waals surface area contributed by atoms with Crippen LogP contribution in [0.25, 0.3) is 0 Å². The summed E-state index contributed by atoms with van der Waals surface area (Å²) in [7, 11) is 0. The van der Waals surface area contributed by atoms with Gasteiger partial charge in [-0.05, 0) is 32.7 Å². The minimum Gasteiger partial charge on any atom is -0.381 e. The van der Waals surface area contributed by atoms with E-state index in [0.29, 0.717) is 31.0 Å². The Labute approximate surface area is 116 Å². The van der Waals surface area contributed by atoms with Crippen molar-refractivity contribution in [1.29, 1.82) is 0 Å². The first-order valence-electron chi connectivity index (χ1n) is 7.82. The molecule has 108 valence electrons. The van der Waals surface area contributed by atoms with Crippen LogP contribution in [0.1, 0.15) is 32.6 Å². The zero-order valence-corrected chi connectivity index (χ0v) is 12.0. The molecule has 0 amide bonds. The van der Waals surface area contributed by atoms with Crippen LogP contribution in [-0.4, -0.2) is 67.1 Å². The van der Waals surface area contributed by atoms with Gasteiger partial charge in [-0.1, -0.05) is 6.42 Å². The number of nitrogens with zero attached hydrogens (tertiary/aromatic N) is 2. The summed E-state index contributed by atoms with van der Waals surface area (Å²) >= 11 is 0. The number of hydrogen-bond acceptors (Lipinski definition) is 4. The van der Waals surface area contributed by atoms with Crippen LogP contribution >= 0.6 is 0 Å². The van der Waals surface area contributed by atoms with Crippen molar-refractivity contribution in [2.75, 3.05) is 39.4 Å². The summed E-state index contributed by atoms with van der Waals surface area (Å²) in [4.78, 5) is 17.3. The van der Waals surface area contributed by atoms with E-state index in [9.17, 15) is 4.79 Å². The predicted molar refractivity (Wildman–Crippen MR) is 74.2 cm³/mol. The third kappa shape index (κ3) is 3.01. The van der Waals surface area contributed by atoms with Crippen molar-refractivity contribution < 1.29 is 9.53 Å².